The summed E-state index contributed by atoms with van der Waals surface area (Å²) in [4.78, 5) is 16.3. The van der Waals surface area contributed by atoms with Crippen LogP contribution in [-0.4, -0.2) is 16.8 Å². The van der Waals surface area contributed by atoms with Gasteiger partial charge in [0.05, 0.1) is 31.4 Å². The highest BCUT2D eigenvalue weighted by molar-refractivity contribution is 6.50. The lowest BCUT2D eigenvalue weighted by molar-refractivity contribution is 0.0697. The Balaban J connectivity index is 1.74. The van der Waals surface area contributed by atoms with Crippen molar-refractivity contribution in [2.75, 3.05) is 0 Å². The molecule has 4 aromatic rings. The van der Waals surface area contributed by atoms with E-state index < -0.39 is 5.97 Å². The van der Waals surface area contributed by atoms with E-state index in [0.717, 1.165) is 33.4 Å². The number of nitrogens with zero attached hydrogens (tertiary/aromatic N) is 1. The zero-order valence-electron chi connectivity index (χ0n) is 16.7. The summed E-state index contributed by atoms with van der Waals surface area (Å²) < 4.78 is 0. The molecule has 0 aliphatic heterocycles. The van der Waals surface area contributed by atoms with E-state index in [-0.39, 0.29) is 25.7 Å². The maximum absolute atomic E-state index is 11.4. The molecule has 4 aromatic carbocycles. The van der Waals surface area contributed by atoms with Gasteiger partial charge in [-0.2, -0.15) is 0 Å². The number of carboxylic acid groups (broad SMARTS) is 1. The monoisotopic (exact) mass is 511 g/mol. The summed E-state index contributed by atoms with van der Waals surface area (Å²) in [7, 11) is 0. The minimum atomic E-state index is -0.977. The van der Waals surface area contributed by atoms with Crippen LogP contribution >= 0.6 is 46.4 Å². The zero-order valence-corrected chi connectivity index (χ0v) is 19.8. The lowest BCUT2D eigenvalue weighted by Gasteiger charge is -2.10. The predicted octanol–water partition coefficient (Wildman–Crippen LogP) is 8.81. The zero-order chi connectivity index (χ0) is 23.3. The summed E-state index contributed by atoms with van der Waals surface area (Å²) in [5.41, 5.74) is 6.67. The van der Waals surface area contributed by atoms with Crippen LogP contribution in [0.1, 0.15) is 21.5 Å². The smallest absolute Gasteiger partial charge is 0.335 e. The largest absolute Gasteiger partial charge is 0.478 e. The van der Waals surface area contributed by atoms with Gasteiger partial charge in [0.1, 0.15) is 5.69 Å². The Labute approximate surface area is 209 Å². The average Bonchev–Trinajstić information content (AvgIpc) is 3.13. The number of benzene rings is 4. The van der Waals surface area contributed by atoms with Crippen LogP contribution in [0.15, 0.2) is 77.8 Å². The van der Waals surface area contributed by atoms with Crippen LogP contribution in [-0.2, 0) is 0 Å². The molecule has 0 atom stereocenters. The highest BCUT2D eigenvalue weighted by atomic mass is 35.5. The molecule has 0 heterocycles. The van der Waals surface area contributed by atoms with Gasteiger partial charge in [-0.1, -0.05) is 94.9 Å². The molecule has 0 saturated carbocycles. The van der Waals surface area contributed by atoms with Gasteiger partial charge >= 0.3 is 5.97 Å². The van der Waals surface area contributed by atoms with E-state index in [1.807, 2.05) is 48.5 Å². The van der Waals surface area contributed by atoms with Gasteiger partial charge in [0.15, 0.2) is 0 Å². The van der Waals surface area contributed by atoms with Crippen molar-refractivity contribution < 1.29 is 9.90 Å². The maximum Gasteiger partial charge on any atom is 0.335 e. The SMILES string of the molecule is O=C(O)c1cccc(-c2ccc3c(c2)C(=Nc2c(Cl)c(Cl)cc(Cl)c2Cl)c2ccccc2-3)c1. The van der Waals surface area contributed by atoms with E-state index in [0.29, 0.717) is 11.4 Å². The summed E-state index contributed by atoms with van der Waals surface area (Å²) in [6.45, 7) is 0. The first kappa shape index (κ1) is 22.0. The number of halogens is 4. The summed E-state index contributed by atoms with van der Waals surface area (Å²) in [5, 5.41) is 10.3. The molecule has 0 amide bonds. The number of fused-ring (bicyclic) bond motifs is 3. The molecule has 5 rings (SSSR count). The molecular weight excluding hydrogens is 500 g/mol. The van der Waals surface area contributed by atoms with Gasteiger partial charge in [-0.15, -0.1) is 0 Å². The number of aliphatic imine (C=N–C) groups is 1. The highest BCUT2D eigenvalue weighted by Crippen LogP contribution is 2.46. The third kappa shape index (κ3) is 3.81. The third-order valence-corrected chi connectivity index (χ3v) is 7.06. The number of hydrogen-bond acceptors (Lipinski definition) is 2. The Morgan fingerprint density at radius 2 is 1.30 bits per heavy atom. The summed E-state index contributed by atoms with van der Waals surface area (Å²) in [6, 6.07) is 22.2. The van der Waals surface area contributed by atoms with Crippen molar-refractivity contribution in [3.8, 4) is 22.3 Å². The topological polar surface area (TPSA) is 49.7 Å². The molecule has 3 nitrogen and oxygen atoms in total. The highest BCUT2D eigenvalue weighted by Gasteiger charge is 2.26. The van der Waals surface area contributed by atoms with Crippen molar-refractivity contribution in [3.63, 3.8) is 0 Å². The first-order valence-electron chi connectivity index (χ1n) is 9.84. The van der Waals surface area contributed by atoms with E-state index >= 15 is 0 Å². The van der Waals surface area contributed by atoms with E-state index in [2.05, 4.69) is 0 Å². The van der Waals surface area contributed by atoms with Gasteiger partial charge in [0.2, 0.25) is 0 Å². The van der Waals surface area contributed by atoms with Crippen LogP contribution in [0.3, 0.4) is 0 Å². The fraction of sp³-hybridized carbons (Fsp3) is 0. The van der Waals surface area contributed by atoms with Crippen LogP contribution in [0.25, 0.3) is 22.3 Å². The Kier molecular flexibility index (Phi) is 5.67. The molecule has 0 radical (unpaired) electrons. The van der Waals surface area contributed by atoms with Gasteiger partial charge < -0.3 is 5.11 Å². The fourth-order valence-electron chi connectivity index (χ4n) is 3.95. The van der Waals surface area contributed by atoms with Crippen molar-refractivity contribution in [1.82, 2.24) is 0 Å². The number of rotatable bonds is 3. The van der Waals surface area contributed by atoms with E-state index in [1.165, 1.54) is 6.07 Å². The second kappa shape index (κ2) is 8.51. The lowest BCUT2D eigenvalue weighted by Crippen LogP contribution is -1.99. The molecule has 0 saturated heterocycles. The van der Waals surface area contributed by atoms with Gasteiger partial charge in [-0.3, -0.25) is 0 Å². The van der Waals surface area contributed by atoms with Gasteiger partial charge in [-0.25, -0.2) is 9.79 Å². The van der Waals surface area contributed by atoms with Gasteiger partial charge in [0, 0.05) is 11.1 Å². The van der Waals surface area contributed by atoms with Crippen molar-refractivity contribution in [3.05, 3.63) is 110 Å². The Bertz CT molecular complexity index is 1470. The Hall–Kier alpha value is -2.82. The molecule has 0 aromatic heterocycles. The molecule has 0 fully saturated rings. The minimum absolute atomic E-state index is 0.217. The number of hydrogen-bond donors (Lipinski definition) is 1. The van der Waals surface area contributed by atoms with Crippen molar-refractivity contribution in [2.24, 2.45) is 4.99 Å². The fourth-order valence-corrected chi connectivity index (χ4v) is 4.83. The van der Waals surface area contributed by atoms with Crippen LogP contribution in [0.2, 0.25) is 20.1 Å². The van der Waals surface area contributed by atoms with Crippen LogP contribution in [0.4, 0.5) is 5.69 Å². The lowest BCUT2D eigenvalue weighted by atomic mass is 9.97. The number of carboxylic acids is 1. The van der Waals surface area contributed by atoms with Crippen LogP contribution < -0.4 is 0 Å². The quantitative estimate of drug-likeness (QED) is 0.245. The molecule has 162 valence electrons. The third-order valence-electron chi connectivity index (χ3n) is 5.50. The van der Waals surface area contributed by atoms with Gasteiger partial charge in [-0.05, 0) is 46.5 Å². The van der Waals surface area contributed by atoms with Crippen molar-refractivity contribution >= 4 is 63.8 Å². The average molecular weight is 513 g/mol. The van der Waals surface area contributed by atoms with Crippen molar-refractivity contribution in [2.45, 2.75) is 0 Å². The summed E-state index contributed by atoms with van der Waals surface area (Å²) >= 11 is 25.3. The molecule has 1 N–H and O–H groups in total. The maximum atomic E-state index is 11.4. The van der Waals surface area contributed by atoms with Crippen LogP contribution in [0.5, 0.6) is 0 Å². The number of carbonyl (C=O) groups is 1. The molecule has 33 heavy (non-hydrogen) atoms. The molecule has 1 aliphatic rings. The molecule has 0 spiro atoms. The first-order chi connectivity index (χ1) is 15.8. The molecule has 0 bridgehead atoms. The normalized spacial score (nSPS) is 13.2. The summed E-state index contributed by atoms with van der Waals surface area (Å²) in [5.74, 6) is -0.977. The number of aromatic carboxylic acids is 1. The van der Waals surface area contributed by atoms with Crippen LogP contribution in [0, 0.1) is 0 Å². The molecular formula is C26H13Cl4NO2. The Morgan fingerprint density at radius 3 is 2.00 bits per heavy atom. The second-order valence-corrected chi connectivity index (χ2v) is 9.04. The molecule has 7 heteroatoms. The first-order valence-corrected chi connectivity index (χ1v) is 11.4. The summed E-state index contributed by atoms with van der Waals surface area (Å²) in [6.07, 6.45) is 0. The van der Waals surface area contributed by atoms with Gasteiger partial charge in [0.25, 0.3) is 0 Å². The Morgan fingerprint density at radius 1 is 0.667 bits per heavy atom. The van der Waals surface area contributed by atoms with E-state index in [4.69, 9.17) is 51.4 Å². The van der Waals surface area contributed by atoms with Crippen molar-refractivity contribution in [1.29, 1.82) is 0 Å². The molecule has 1 aliphatic carbocycles. The molecule has 0 unspecified atom stereocenters. The second-order valence-electron chi connectivity index (χ2n) is 7.47. The van der Waals surface area contributed by atoms with E-state index in [1.54, 1.807) is 18.2 Å². The van der Waals surface area contributed by atoms with E-state index in [9.17, 15) is 9.90 Å². The predicted molar refractivity (Wildman–Crippen MR) is 136 cm³/mol. The minimum Gasteiger partial charge on any atom is -0.478 e. The standard InChI is InChI=1S/C26H13Cl4NO2/c27-20-12-21(28)23(30)25(22(20)29)31-24-18-7-2-1-6-16(18)17-9-8-14(11-19(17)24)13-4-3-5-15(10-13)26(32)33/h1-12H,(H,32,33).